The van der Waals surface area contributed by atoms with Crippen LogP contribution in [0.3, 0.4) is 0 Å². The smallest absolute Gasteiger partial charge is 0.219 e. The molecule has 5 heteroatoms. The molecule has 1 aliphatic heterocycles. The van der Waals surface area contributed by atoms with E-state index >= 15 is 0 Å². The van der Waals surface area contributed by atoms with Crippen molar-refractivity contribution in [2.75, 3.05) is 0 Å². The van der Waals surface area contributed by atoms with E-state index in [-0.39, 0.29) is 23.3 Å². The fourth-order valence-corrected chi connectivity index (χ4v) is 5.00. The van der Waals surface area contributed by atoms with Crippen LogP contribution in [0.2, 0.25) is 0 Å². The number of aryl methyl sites for hydroxylation is 1. The van der Waals surface area contributed by atoms with Gasteiger partial charge >= 0.3 is 0 Å². The summed E-state index contributed by atoms with van der Waals surface area (Å²) in [5, 5.41) is 11.0. The van der Waals surface area contributed by atoms with Crippen LogP contribution >= 0.6 is 0 Å². The number of phenolic OH excluding ortho intramolecular Hbond substituents is 1. The summed E-state index contributed by atoms with van der Waals surface area (Å²) >= 11 is 0. The van der Waals surface area contributed by atoms with Crippen molar-refractivity contribution < 1.29 is 14.6 Å². The highest BCUT2D eigenvalue weighted by atomic mass is 16.5. The lowest BCUT2D eigenvalue weighted by molar-refractivity contribution is 0.131. The molecule has 170 valence electrons. The molecule has 4 aromatic rings. The summed E-state index contributed by atoms with van der Waals surface area (Å²) in [6.07, 6.45) is 2.02. The lowest BCUT2D eigenvalue weighted by atomic mass is 9.79. The molecular formula is C29H26N2O3. The summed E-state index contributed by atoms with van der Waals surface area (Å²) in [5.74, 6) is 1.83. The first-order chi connectivity index (χ1) is 16.5. The van der Waals surface area contributed by atoms with Gasteiger partial charge in [0.2, 0.25) is 11.8 Å². The molecule has 2 heterocycles. The van der Waals surface area contributed by atoms with Gasteiger partial charge < -0.3 is 14.6 Å². The number of nitrogens with zero attached hydrogens (tertiary/aromatic N) is 2. The summed E-state index contributed by atoms with van der Waals surface area (Å²) in [7, 11) is 0. The number of phenols is 1. The second-order valence-corrected chi connectivity index (χ2v) is 9.73. The molecule has 5 nitrogen and oxygen atoms in total. The van der Waals surface area contributed by atoms with Gasteiger partial charge in [-0.05, 0) is 59.7 Å². The summed E-state index contributed by atoms with van der Waals surface area (Å²) < 4.78 is 12.6. The lowest BCUT2D eigenvalue weighted by Gasteiger charge is -2.30. The normalized spacial score (nSPS) is 20.6. The largest absolute Gasteiger partial charge is 0.506 e. The maximum Gasteiger partial charge on any atom is 0.219 e. The molecule has 1 aliphatic carbocycles. The Hall–Kier alpha value is -3.86. The van der Waals surface area contributed by atoms with Crippen LogP contribution in [0.25, 0.3) is 10.9 Å². The molecule has 1 N–H and O–H groups in total. The Morgan fingerprint density at radius 2 is 1.82 bits per heavy atom. The lowest BCUT2D eigenvalue weighted by Crippen LogP contribution is -2.30. The van der Waals surface area contributed by atoms with Crippen LogP contribution in [0.4, 0.5) is 0 Å². The number of hydrogen-bond donors (Lipinski definition) is 1. The molecule has 1 aromatic heterocycles. The fraction of sp³-hybridized carbons (Fsp3) is 0.241. The molecule has 0 saturated carbocycles. The highest BCUT2D eigenvalue weighted by Crippen LogP contribution is 2.46. The highest BCUT2D eigenvalue weighted by molar-refractivity contribution is 5.96. The third-order valence-corrected chi connectivity index (χ3v) is 6.96. The monoisotopic (exact) mass is 450 g/mol. The predicted molar refractivity (Wildman–Crippen MR) is 133 cm³/mol. The number of aromatic hydroxyl groups is 1. The first-order valence-electron chi connectivity index (χ1n) is 11.7. The molecular weight excluding hydrogens is 424 g/mol. The van der Waals surface area contributed by atoms with Crippen LogP contribution in [0.5, 0.6) is 17.4 Å². The number of rotatable bonds is 3. The minimum absolute atomic E-state index is 0.0244. The maximum atomic E-state index is 10.1. The number of aliphatic imine (C=N–C) groups is 1. The minimum atomic E-state index is -0.0848. The summed E-state index contributed by atoms with van der Waals surface area (Å²) in [5.41, 5.74) is 4.01. The summed E-state index contributed by atoms with van der Waals surface area (Å²) in [6.45, 7) is 4.57. The van der Waals surface area contributed by atoms with E-state index in [0.717, 1.165) is 23.8 Å². The molecule has 0 unspecified atom stereocenters. The topological polar surface area (TPSA) is 63.9 Å². The Morgan fingerprint density at radius 1 is 0.971 bits per heavy atom. The number of fused-ring (bicyclic) bond motifs is 4. The van der Waals surface area contributed by atoms with Gasteiger partial charge in [0.1, 0.15) is 29.2 Å². The molecule has 0 spiro atoms. The van der Waals surface area contributed by atoms with Crippen molar-refractivity contribution in [2.24, 2.45) is 10.4 Å². The van der Waals surface area contributed by atoms with Crippen LogP contribution in [0, 0.1) is 5.41 Å². The van der Waals surface area contributed by atoms with E-state index < -0.39 is 0 Å². The Bertz CT molecular complexity index is 1430. The number of benzene rings is 3. The third-order valence-electron chi connectivity index (χ3n) is 6.96. The average Bonchev–Trinajstić information content (AvgIpc) is 3.27. The number of hydrogen-bond acceptors (Lipinski definition) is 5. The van der Waals surface area contributed by atoms with E-state index in [4.69, 9.17) is 14.5 Å². The molecule has 0 amide bonds. The molecule has 2 atom stereocenters. The van der Waals surface area contributed by atoms with E-state index in [1.54, 1.807) is 18.2 Å². The van der Waals surface area contributed by atoms with Crippen LogP contribution in [-0.4, -0.2) is 22.0 Å². The first kappa shape index (κ1) is 20.7. The predicted octanol–water partition coefficient (Wildman–Crippen LogP) is 6.59. The zero-order valence-corrected chi connectivity index (χ0v) is 19.2. The van der Waals surface area contributed by atoms with E-state index in [1.165, 1.54) is 11.1 Å². The average molecular weight is 451 g/mol. The fourth-order valence-electron chi connectivity index (χ4n) is 5.00. The van der Waals surface area contributed by atoms with Crippen molar-refractivity contribution in [1.29, 1.82) is 0 Å². The molecule has 3 aromatic carbocycles. The Balaban J connectivity index is 1.31. The van der Waals surface area contributed by atoms with Crippen molar-refractivity contribution in [1.82, 2.24) is 4.98 Å². The van der Waals surface area contributed by atoms with Crippen molar-refractivity contribution in [3.8, 4) is 17.4 Å². The van der Waals surface area contributed by atoms with Gasteiger partial charge in [0.25, 0.3) is 0 Å². The van der Waals surface area contributed by atoms with Crippen LogP contribution < -0.4 is 4.74 Å². The SMILES string of the molecule is CC1(C)CCc2ccccc2[C@H]2OC(c3cccc(Oc4ccc5cccc(O)c5n4)c3)=N[C@H]21. The Morgan fingerprint density at radius 3 is 2.74 bits per heavy atom. The number of para-hydroxylation sites is 1. The van der Waals surface area contributed by atoms with Crippen molar-refractivity contribution in [2.45, 2.75) is 38.8 Å². The summed E-state index contributed by atoms with van der Waals surface area (Å²) in [4.78, 5) is 9.56. The highest BCUT2D eigenvalue weighted by Gasteiger charge is 2.45. The Kier molecular flexibility index (Phi) is 4.80. The molecule has 6 rings (SSSR count). The van der Waals surface area contributed by atoms with Crippen molar-refractivity contribution >= 4 is 16.8 Å². The quantitative estimate of drug-likeness (QED) is 0.382. The zero-order chi connectivity index (χ0) is 23.3. The van der Waals surface area contributed by atoms with Gasteiger partial charge in [-0.2, -0.15) is 0 Å². The van der Waals surface area contributed by atoms with E-state index in [1.807, 2.05) is 36.4 Å². The molecule has 0 bridgehead atoms. The van der Waals surface area contributed by atoms with Gasteiger partial charge in [0, 0.05) is 17.0 Å². The van der Waals surface area contributed by atoms with Crippen LogP contribution in [-0.2, 0) is 11.2 Å². The van der Waals surface area contributed by atoms with Crippen LogP contribution in [0.15, 0.2) is 83.9 Å². The Labute approximate surface area is 198 Å². The van der Waals surface area contributed by atoms with Gasteiger partial charge in [0.15, 0.2) is 0 Å². The van der Waals surface area contributed by atoms with Crippen LogP contribution in [0.1, 0.15) is 43.1 Å². The van der Waals surface area contributed by atoms with Crippen molar-refractivity contribution in [3.05, 3.63) is 95.6 Å². The second-order valence-electron chi connectivity index (χ2n) is 9.73. The molecule has 2 aliphatic rings. The van der Waals surface area contributed by atoms with E-state index in [9.17, 15) is 5.11 Å². The summed E-state index contributed by atoms with van der Waals surface area (Å²) in [6, 6.07) is 25.4. The van der Waals surface area contributed by atoms with E-state index in [2.05, 4.69) is 43.1 Å². The van der Waals surface area contributed by atoms with Gasteiger partial charge in [-0.15, -0.1) is 0 Å². The third kappa shape index (κ3) is 3.58. The number of aromatic nitrogens is 1. The molecule has 0 saturated heterocycles. The first-order valence-corrected chi connectivity index (χ1v) is 11.7. The van der Waals surface area contributed by atoms with Crippen molar-refractivity contribution in [3.63, 3.8) is 0 Å². The van der Waals surface area contributed by atoms with Gasteiger partial charge in [-0.25, -0.2) is 9.98 Å². The van der Waals surface area contributed by atoms with Gasteiger partial charge in [-0.3, -0.25) is 0 Å². The molecule has 0 fully saturated rings. The van der Waals surface area contributed by atoms with Gasteiger partial charge in [-0.1, -0.05) is 56.3 Å². The molecule has 0 radical (unpaired) electrons. The number of ether oxygens (including phenoxy) is 2. The zero-order valence-electron chi connectivity index (χ0n) is 19.2. The van der Waals surface area contributed by atoms with Gasteiger partial charge in [0.05, 0.1) is 0 Å². The minimum Gasteiger partial charge on any atom is -0.506 e. The standard InChI is InChI=1S/C29H26N2O3/c1-29(2)16-15-18-7-3-4-11-22(18)26-27(29)31-28(34-26)20-9-5-10-21(17-20)33-24-14-13-19-8-6-12-23(32)25(19)30-24/h3-14,17,26-27,32H,15-16H2,1-2H3/t26-,27-/m1/s1. The number of pyridine rings is 1. The molecule has 34 heavy (non-hydrogen) atoms. The van der Waals surface area contributed by atoms with E-state index in [0.29, 0.717) is 23.0 Å². The second kappa shape index (κ2) is 7.87. The maximum absolute atomic E-state index is 10.1.